The van der Waals surface area contributed by atoms with E-state index in [1.165, 1.54) is 5.69 Å². The molecule has 4 heteroatoms. The van der Waals surface area contributed by atoms with Gasteiger partial charge in [-0.1, -0.05) is 36.4 Å². The van der Waals surface area contributed by atoms with Gasteiger partial charge in [-0.15, -0.1) is 0 Å². The number of hydrogen-bond acceptors (Lipinski definition) is 3. The summed E-state index contributed by atoms with van der Waals surface area (Å²) in [5.74, 6) is 0.168. The smallest absolute Gasteiger partial charge is 0.244 e. The first-order chi connectivity index (χ1) is 11.2. The van der Waals surface area contributed by atoms with Crippen molar-refractivity contribution < 1.29 is 4.79 Å². The lowest BCUT2D eigenvalue weighted by Crippen LogP contribution is -2.52. The van der Waals surface area contributed by atoms with Gasteiger partial charge in [0, 0.05) is 37.6 Å². The molecule has 0 radical (unpaired) electrons. The Morgan fingerprint density at radius 2 is 1.48 bits per heavy atom. The number of para-hydroxylation sites is 2. The number of hydrogen-bond donors (Lipinski definition) is 1. The maximum Gasteiger partial charge on any atom is 0.244 e. The minimum atomic E-state index is -0.208. The van der Waals surface area contributed by atoms with Crippen LogP contribution in [0.25, 0.3) is 0 Å². The highest BCUT2D eigenvalue weighted by Crippen LogP contribution is 2.16. The van der Waals surface area contributed by atoms with Gasteiger partial charge in [-0.25, -0.2) is 0 Å². The van der Waals surface area contributed by atoms with Gasteiger partial charge in [0.05, 0.1) is 0 Å². The van der Waals surface area contributed by atoms with Crippen LogP contribution in [0.15, 0.2) is 60.7 Å². The quantitative estimate of drug-likeness (QED) is 0.943. The summed E-state index contributed by atoms with van der Waals surface area (Å²) in [6.07, 6.45) is 0. The summed E-state index contributed by atoms with van der Waals surface area (Å²) in [4.78, 5) is 16.9. The fourth-order valence-electron chi connectivity index (χ4n) is 2.94. The van der Waals surface area contributed by atoms with Gasteiger partial charge in [-0.05, 0) is 31.2 Å². The highest BCUT2D eigenvalue weighted by Gasteiger charge is 2.24. The second-order valence-corrected chi connectivity index (χ2v) is 5.88. The van der Waals surface area contributed by atoms with Gasteiger partial charge < -0.3 is 15.1 Å². The van der Waals surface area contributed by atoms with Crippen molar-refractivity contribution >= 4 is 17.3 Å². The molecule has 2 aromatic carbocycles. The first-order valence-electron chi connectivity index (χ1n) is 8.14. The van der Waals surface area contributed by atoms with Crippen molar-refractivity contribution in [1.82, 2.24) is 4.90 Å². The summed E-state index contributed by atoms with van der Waals surface area (Å²) >= 11 is 0. The van der Waals surface area contributed by atoms with E-state index in [0.29, 0.717) is 0 Å². The summed E-state index contributed by atoms with van der Waals surface area (Å²) in [7, 11) is 0. The molecule has 0 aromatic heterocycles. The van der Waals surface area contributed by atoms with E-state index in [9.17, 15) is 4.79 Å². The number of nitrogens with zero attached hydrogens (tertiary/aromatic N) is 2. The summed E-state index contributed by atoms with van der Waals surface area (Å²) in [6, 6.07) is 20.1. The van der Waals surface area contributed by atoms with E-state index in [0.717, 1.165) is 31.9 Å². The minimum absolute atomic E-state index is 0.168. The van der Waals surface area contributed by atoms with E-state index in [2.05, 4.69) is 34.5 Å². The third kappa shape index (κ3) is 3.83. The van der Waals surface area contributed by atoms with Crippen molar-refractivity contribution in [3.05, 3.63) is 60.7 Å². The molecule has 0 saturated carbocycles. The zero-order valence-electron chi connectivity index (χ0n) is 13.5. The van der Waals surface area contributed by atoms with Crippen LogP contribution < -0.4 is 10.2 Å². The van der Waals surface area contributed by atoms with E-state index in [1.54, 1.807) is 0 Å². The van der Waals surface area contributed by atoms with Crippen LogP contribution in [0.3, 0.4) is 0 Å². The molecular formula is C19H23N3O. The molecule has 1 heterocycles. The maximum absolute atomic E-state index is 12.6. The minimum Gasteiger partial charge on any atom is -0.374 e. The Bertz CT molecular complexity index is 622. The monoisotopic (exact) mass is 309 g/mol. The lowest BCUT2D eigenvalue weighted by Gasteiger charge is -2.37. The number of amides is 1. The molecule has 1 saturated heterocycles. The number of nitrogens with one attached hydrogen (secondary N) is 1. The Labute approximate surface area is 137 Å². The molecule has 0 bridgehead atoms. The molecule has 2 aromatic rings. The summed E-state index contributed by atoms with van der Waals surface area (Å²) in [5, 5.41) is 3.28. The topological polar surface area (TPSA) is 35.6 Å². The molecule has 1 unspecified atom stereocenters. The van der Waals surface area contributed by atoms with Gasteiger partial charge in [-0.2, -0.15) is 0 Å². The van der Waals surface area contributed by atoms with Gasteiger partial charge in [0.25, 0.3) is 0 Å². The Morgan fingerprint density at radius 1 is 0.913 bits per heavy atom. The average molecular weight is 309 g/mol. The highest BCUT2D eigenvalue weighted by molar-refractivity contribution is 5.84. The summed E-state index contributed by atoms with van der Waals surface area (Å²) in [5.41, 5.74) is 2.21. The van der Waals surface area contributed by atoms with E-state index in [1.807, 2.05) is 48.2 Å². The van der Waals surface area contributed by atoms with Gasteiger partial charge in [0.2, 0.25) is 5.91 Å². The summed E-state index contributed by atoms with van der Waals surface area (Å²) < 4.78 is 0. The average Bonchev–Trinajstić information content (AvgIpc) is 2.63. The van der Waals surface area contributed by atoms with Crippen molar-refractivity contribution in [3.63, 3.8) is 0 Å². The molecule has 1 aliphatic heterocycles. The molecule has 1 N–H and O–H groups in total. The highest BCUT2D eigenvalue weighted by atomic mass is 16.2. The zero-order chi connectivity index (χ0) is 16.1. The number of carbonyl (C=O) groups excluding carboxylic acids is 1. The Kier molecular flexibility index (Phi) is 4.81. The van der Waals surface area contributed by atoms with Crippen molar-refractivity contribution in [2.45, 2.75) is 13.0 Å². The second-order valence-electron chi connectivity index (χ2n) is 5.88. The first-order valence-corrected chi connectivity index (χ1v) is 8.14. The Hall–Kier alpha value is -2.49. The molecule has 1 atom stereocenters. The fraction of sp³-hybridized carbons (Fsp3) is 0.316. The molecule has 4 nitrogen and oxygen atoms in total. The number of benzene rings is 2. The van der Waals surface area contributed by atoms with Crippen LogP contribution >= 0.6 is 0 Å². The maximum atomic E-state index is 12.6. The molecule has 23 heavy (non-hydrogen) atoms. The van der Waals surface area contributed by atoms with Crippen molar-refractivity contribution in [2.24, 2.45) is 0 Å². The lowest BCUT2D eigenvalue weighted by atomic mass is 10.2. The van der Waals surface area contributed by atoms with E-state index >= 15 is 0 Å². The van der Waals surface area contributed by atoms with Gasteiger partial charge in [0.15, 0.2) is 0 Å². The fourth-order valence-corrected chi connectivity index (χ4v) is 2.94. The van der Waals surface area contributed by atoms with Crippen molar-refractivity contribution in [2.75, 3.05) is 36.4 Å². The van der Waals surface area contributed by atoms with Gasteiger partial charge in [0.1, 0.15) is 6.04 Å². The molecule has 1 aliphatic rings. The third-order valence-corrected chi connectivity index (χ3v) is 4.24. The predicted molar refractivity (Wildman–Crippen MR) is 94.8 cm³/mol. The van der Waals surface area contributed by atoms with Crippen LogP contribution in [0.2, 0.25) is 0 Å². The number of carbonyl (C=O) groups is 1. The van der Waals surface area contributed by atoms with Crippen molar-refractivity contribution in [3.8, 4) is 0 Å². The molecule has 120 valence electrons. The predicted octanol–water partition coefficient (Wildman–Crippen LogP) is 2.84. The van der Waals surface area contributed by atoms with Crippen LogP contribution in [0, 0.1) is 0 Å². The first kappa shape index (κ1) is 15.4. The van der Waals surface area contributed by atoms with Crippen LogP contribution in [0.1, 0.15) is 6.92 Å². The van der Waals surface area contributed by atoms with Gasteiger partial charge in [-0.3, -0.25) is 4.79 Å². The SMILES string of the molecule is CC(Nc1ccccc1)C(=O)N1CCN(c2ccccc2)CC1. The van der Waals surface area contributed by atoms with Crippen LogP contribution in [-0.2, 0) is 4.79 Å². The number of anilines is 2. The molecule has 3 rings (SSSR count). The van der Waals surface area contributed by atoms with Crippen LogP contribution in [0.5, 0.6) is 0 Å². The van der Waals surface area contributed by atoms with E-state index in [-0.39, 0.29) is 11.9 Å². The molecule has 0 spiro atoms. The number of rotatable bonds is 4. The van der Waals surface area contributed by atoms with Crippen LogP contribution in [0.4, 0.5) is 11.4 Å². The zero-order valence-corrected chi connectivity index (χ0v) is 13.5. The molecule has 1 amide bonds. The van der Waals surface area contributed by atoms with Gasteiger partial charge >= 0.3 is 0 Å². The standard InChI is InChI=1S/C19H23N3O/c1-16(20-17-8-4-2-5-9-17)19(23)22-14-12-21(13-15-22)18-10-6-3-7-11-18/h2-11,16,20H,12-15H2,1H3. The summed E-state index contributed by atoms with van der Waals surface area (Å²) in [6.45, 7) is 5.24. The number of piperazine rings is 1. The lowest BCUT2D eigenvalue weighted by molar-refractivity contribution is -0.131. The Balaban J connectivity index is 1.54. The van der Waals surface area contributed by atoms with Crippen molar-refractivity contribution in [1.29, 1.82) is 0 Å². The molecule has 0 aliphatic carbocycles. The molecule has 1 fully saturated rings. The third-order valence-electron chi connectivity index (χ3n) is 4.24. The van der Waals surface area contributed by atoms with E-state index in [4.69, 9.17) is 0 Å². The largest absolute Gasteiger partial charge is 0.374 e. The van der Waals surface area contributed by atoms with Crippen LogP contribution in [-0.4, -0.2) is 43.0 Å². The second kappa shape index (κ2) is 7.18. The molecular weight excluding hydrogens is 286 g/mol. The Morgan fingerprint density at radius 3 is 2.09 bits per heavy atom. The normalized spacial score (nSPS) is 16.0. The van der Waals surface area contributed by atoms with E-state index < -0.39 is 0 Å².